The van der Waals surface area contributed by atoms with Crippen LogP contribution in [0.25, 0.3) is 32.8 Å². The molecule has 1 aliphatic carbocycles. The average Bonchev–Trinajstić information content (AvgIpc) is 3.38. The summed E-state index contributed by atoms with van der Waals surface area (Å²) < 4.78 is 2.42. The van der Waals surface area contributed by atoms with Gasteiger partial charge in [-0.1, -0.05) is 0 Å². The first-order valence-corrected chi connectivity index (χ1v) is 9.86. The van der Waals surface area contributed by atoms with Gasteiger partial charge in [-0.15, -0.1) is 11.3 Å². The van der Waals surface area contributed by atoms with Crippen LogP contribution in [-0.4, -0.2) is 19.5 Å². The second-order valence-electron chi connectivity index (χ2n) is 7.08. The summed E-state index contributed by atoms with van der Waals surface area (Å²) in [4.78, 5) is 15.2. The first-order valence-electron chi connectivity index (χ1n) is 9.05. The van der Waals surface area contributed by atoms with Crippen LogP contribution in [0.4, 0.5) is 0 Å². The molecule has 1 saturated carbocycles. The Morgan fingerprint density at radius 3 is 2.81 bits per heavy atom. The number of imidazole rings is 1. The zero-order valence-corrected chi connectivity index (χ0v) is 15.4. The number of hydrogen-bond acceptors (Lipinski definition) is 4. The second kappa shape index (κ2) is 5.96. The maximum absolute atomic E-state index is 9.25. The van der Waals surface area contributed by atoms with Gasteiger partial charge in [0.15, 0.2) is 5.82 Å². The number of aromatic nitrogens is 4. The highest BCUT2D eigenvalue weighted by molar-refractivity contribution is 7.15. The predicted octanol–water partition coefficient (Wildman–Crippen LogP) is 5.20. The Bertz CT molecular complexity index is 1130. The van der Waals surface area contributed by atoms with E-state index in [0.717, 1.165) is 53.6 Å². The molecular formula is C20H19N5S. The van der Waals surface area contributed by atoms with Crippen molar-refractivity contribution < 1.29 is 0 Å². The lowest BCUT2D eigenvalue weighted by Gasteiger charge is -2.28. The molecule has 0 aromatic carbocycles. The maximum Gasteiger partial charge on any atom is 0.151 e. The van der Waals surface area contributed by atoms with Gasteiger partial charge in [0.1, 0.15) is 11.2 Å². The van der Waals surface area contributed by atoms with Gasteiger partial charge in [0.25, 0.3) is 0 Å². The van der Waals surface area contributed by atoms with Crippen molar-refractivity contribution in [2.45, 2.75) is 38.6 Å². The van der Waals surface area contributed by atoms with Crippen molar-refractivity contribution in [3.05, 3.63) is 35.5 Å². The van der Waals surface area contributed by atoms with Crippen molar-refractivity contribution in [3.63, 3.8) is 0 Å². The van der Waals surface area contributed by atoms with E-state index in [4.69, 9.17) is 4.98 Å². The summed E-state index contributed by atoms with van der Waals surface area (Å²) >= 11 is 1.78. The summed E-state index contributed by atoms with van der Waals surface area (Å²) in [5.74, 6) is 1.23. The van der Waals surface area contributed by atoms with Gasteiger partial charge in [0.05, 0.1) is 22.7 Å². The Labute approximate surface area is 155 Å². The summed E-state index contributed by atoms with van der Waals surface area (Å²) in [7, 11) is 0. The molecule has 0 atom stereocenters. The van der Waals surface area contributed by atoms with Crippen molar-refractivity contribution in [2.75, 3.05) is 0 Å². The highest BCUT2D eigenvalue weighted by Crippen LogP contribution is 2.40. The van der Waals surface area contributed by atoms with E-state index >= 15 is 0 Å². The average molecular weight is 361 g/mol. The lowest BCUT2D eigenvalue weighted by Crippen LogP contribution is -2.18. The molecule has 1 aliphatic rings. The molecule has 0 bridgehead atoms. The number of hydrogen-bond donors (Lipinski definition) is 1. The van der Waals surface area contributed by atoms with Crippen LogP contribution in [-0.2, 0) is 0 Å². The van der Waals surface area contributed by atoms with Crippen LogP contribution in [0.2, 0.25) is 0 Å². The molecule has 4 heterocycles. The number of rotatable bonds is 2. The fourth-order valence-corrected chi connectivity index (χ4v) is 4.99. The molecule has 0 amide bonds. The van der Waals surface area contributed by atoms with Gasteiger partial charge in [0, 0.05) is 28.4 Å². The lowest BCUT2D eigenvalue weighted by molar-refractivity contribution is 0.320. The molecular weight excluding hydrogens is 342 g/mol. The quantitative estimate of drug-likeness (QED) is 0.533. The molecule has 5 nitrogen and oxygen atoms in total. The molecule has 0 spiro atoms. The third-order valence-corrected chi connectivity index (χ3v) is 6.44. The molecule has 26 heavy (non-hydrogen) atoms. The van der Waals surface area contributed by atoms with Crippen LogP contribution >= 0.6 is 11.3 Å². The van der Waals surface area contributed by atoms with E-state index in [1.807, 2.05) is 12.4 Å². The van der Waals surface area contributed by atoms with E-state index in [1.54, 1.807) is 11.3 Å². The monoisotopic (exact) mass is 361 g/mol. The Hall–Kier alpha value is -2.65. The summed E-state index contributed by atoms with van der Waals surface area (Å²) in [5, 5.41) is 10.4. The van der Waals surface area contributed by atoms with E-state index in [2.05, 4.69) is 45.7 Å². The van der Waals surface area contributed by atoms with Crippen molar-refractivity contribution in [1.29, 1.82) is 5.26 Å². The third kappa shape index (κ3) is 2.35. The minimum absolute atomic E-state index is 0.197. The highest BCUT2D eigenvalue weighted by atomic mass is 32.1. The first kappa shape index (κ1) is 15.6. The molecule has 1 N–H and O–H groups in total. The van der Waals surface area contributed by atoms with Gasteiger partial charge in [-0.2, -0.15) is 5.26 Å². The minimum Gasteiger partial charge on any atom is -0.346 e. The van der Waals surface area contributed by atoms with Crippen LogP contribution in [0, 0.1) is 24.2 Å². The van der Waals surface area contributed by atoms with Crippen molar-refractivity contribution in [3.8, 4) is 16.8 Å². The van der Waals surface area contributed by atoms with Crippen LogP contribution in [0.5, 0.6) is 0 Å². The van der Waals surface area contributed by atoms with Gasteiger partial charge >= 0.3 is 0 Å². The number of nitrogens with zero attached hydrogens (tertiary/aromatic N) is 4. The van der Waals surface area contributed by atoms with Gasteiger partial charge in [-0.3, -0.25) is 0 Å². The number of pyridine rings is 1. The van der Waals surface area contributed by atoms with Gasteiger partial charge in [-0.25, -0.2) is 9.97 Å². The van der Waals surface area contributed by atoms with Crippen LogP contribution in [0.1, 0.15) is 36.6 Å². The molecule has 0 unspecified atom stereocenters. The third-order valence-electron chi connectivity index (χ3n) is 5.44. The smallest absolute Gasteiger partial charge is 0.151 e. The topological polar surface area (TPSA) is 70.3 Å². The van der Waals surface area contributed by atoms with E-state index in [9.17, 15) is 5.26 Å². The number of fused-ring (bicyclic) bond motifs is 3. The second-order valence-corrected chi connectivity index (χ2v) is 8.37. The molecule has 1 fully saturated rings. The van der Waals surface area contributed by atoms with Crippen LogP contribution in [0.3, 0.4) is 0 Å². The van der Waals surface area contributed by atoms with Crippen LogP contribution < -0.4 is 0 Å². The van der Waals surface area contributed by atoms with Crippen molar-refractivity contribution >= 4 is 33.4 Å². The number of nitrogens with one attached hydrogen (secondary N) is 1. The molecule has 0 saturated heterocycles. The SMILES string of the molecule is Cc1ccc(-c2nc3cnc4[nH]ccc4c3n2[C@H]2CC[C@H](C#N)CC2)s1. The van der Waals surface area contributed by atoms with Gasteiger partial charge < -0.3 is 9.55 Å². The number of aryl methyl sites for hydroxylation is 1. The normalized spacial score (nSPS) is 20.6. The van der Waals surface area contributed by atoms with E-state index < -0.39 is 0 Å². The number of nitriles is 1. The van der Waals surface area contributed by atoms with E-state index in [1.165, 1.54) is 9.75 Å². The molecule has 4 aromatic rings. The van der Waals surface area contributed by atoms with Crippen molar-refractivity contribution in [2.24, 2.45) is 5.92 Å². The molecule has 5 rings (SSSR count). The minimum atomic E-state index is 0.197. The van der Waals surface area contributed by atoms with Crippen LogP contribution in [0.15, 0.2) is 30.6 Å². The lowest BCUT2D eigenvalue weighted by atomic mass is 9.86. The molecule has 0 aliphatic heterocycles. The van der Waals surface area contributed by atoms with E-state index in [0.29, 0.717) is 6.04 Å². The fraction of sp³-hybridized carbons (Fsp3) is 0.350. The molecule has 4 aromatic heterocycles. The summed E-state index contributed by atoms with van der Waals surface area (Å²) in [5.41, 5.74) is 3.01. The van der Waals surface area contributed by atoms with E-state index in [-0.39, 0.29) is 5.92 Å². The Morgan fingerprint density at radius 2 is 2.08 bits per heavy atom. The largest absolute Gasteiger partial charge is 0.346 e. The zero-order valence-electron chi connectivity index (χ0n) is 14.6. The van der Waals surface area contributed by atoms with Gasteiger partial charge in [0.2, 0.25) is 0 Å². The Balaban J connectivity index is 1.75. The number of thiophene rings is 1. The molecule has 0 radical (unpaired) electrons. The summed E-state index contributed by atoms with van der Waals surface area (Å²) in [6.07, 6.45) is 7.78. The molecule has 130 valence electrons. The highest BCUT2D eigenvalue weighted by Gasteiger charge is 2.27. The number of aromatic amines is 1. The Kier molecular flexibility index (Phi) is 3.57. The Morgan fingerprint density at radius 1 is 1.23 bits per heavy atom. The maximum atomic E-state index is 9.25. The summed E-state index contributed by atoms with van der Waals surface area (Å²) in [6.45, 7) is 2.13. The van der Waals surface area contributed by atoms with Gasteiger partial charge in [-0.05, 0) is 50.8 Å². The standard InChI is InChI=1S/C20H19N5S/c1-12-2-7-17(26-12)20-24-16-11-23-19-15(8-9-22-19)18(16)25(20)14-5-3-13(10-21)4-6-14/h2,7-9,11,13-14H,3-6H2,1H3,(H,22,23)/t13-,14-. The molecule has 6 heteroatoms. The number of H-pyrrole nitrogens is 1. The fourth-order valence-electron chi connectivity index (χ4n) is 4.14. The first-order chi connectivity index (χ1) is 12.7. The van der Waals surface area contributed by atoms with Crippen molar-refractivity contribution in [1.82, 2.24) is 19.5 Å². The summed E-state index contributed by atoms with van der Waals surface area (Å²) in [6, 6.07) is 9.23. The predicted molar refractivity (Wildman–Crippen MR) is 104 cm³/mol. The zero-order chi connectivity index (χ0) is 17.7.